The van der Waals surface area contributed by atoms with Gasteiger partial charge in [-0.2, -0.15) is 9.97 Å². The smallest absolute Gasteiger partial charge is 0.408 e. The highest BCUT2D eigenvalue weighted by Crippen LogP contribution is 2.43. The summed E-state index contributed by atoms with van der Waals surface area (Å²) in [5.41, 5.74) is 5.37. The lowest BCUT2D eigenvalue weighted by Crippen LogP contribution is -2.47. The number of halogens is 1. The fraction of sp³-hybridized carbons (Fsp3) is 0.731. The zero-order valence-electron chi connectivity index (χ0n) is 24.7. The second-order valence-electron chi connectivity index (χ2n) is 12.6. The number of alkyl carbamates (subject to hydrolysis) is 1. The molecule has 228 valence electrons. The molecule has 5 unspecified atom stereocenters. The predicted octanol–water partition coefficient (Wildman–Crippen LogP) is 2.69. The Labute approximate surface area is 243 Å². The number of hydrogen-bond acceptors (Lipinski definition) is 12. The third-order valence-electron chi connectivity index (χ3n) is 6.16. The van der Waals surface area contributed by atoms with Crippen molar-refractivity contribution in [2.24, 2.45) is 0 Å². The van der Waals surface area contributed by atoms with E-state index >= 15 is 0 Å². The number of hydrogen-bond donors (Lipinski definition) is 3. The molecule has 0 saturated carbocycles. The fourth-order valence-corrected chi connectivity index (χ4v) is 4.88. The Kier molecular flexibility index (Phi) is 8.72. The van der Waals surface area contributed by atoms with Gasteiger partial charge < -0.3 is 40.1 Å². The van der Waals surface area contributed by atoms with Gasteiger partial charge in [-0.25, -0.2) is 14.6 Å². The van der Waals surface area contributed by atoms with Crippen LogP contribution in [-0.2, 0) is 28.5 Å². The zero-order valence-corrected chi connectivity index (χ0v) is 25.4. The molecule has 2 aromatic heterocycles. The van der Waals surface area contributed by atoms with Gasteiger partial charge in [0.15, 0.2) is 23.5 Å². The molecule has 0 aromatic carbocycles. The van der Waals surface area contributed by atoms with Gasteiger partial charge in [0, 0.05) is 6.54 Å². The maximum atomic E-state index is 12.8. The van der Waals surface area contributed by atoms with Crippen molar-refractivity contribution < 1.29 is 33.3 Å². The summed E-state index contributed by atoms with van der Waals surface area (Å²) in [7, 11) is 0. The molecule has 4 heterocycles. The van der Waals surface area contributed by atoms with E-state index in [1.807, 2.05) is 13.8 Å². The van der Waals surface area contributed by atoms with Gasteiger partial charge in [0.05, 0.1) is 6.33 Å². The highest BCUT2D eigenvalue weighted by Gasteiger charge is 2.56. The van der Waals surface area contributed by atoms with Crippen LogP contribution in [0.4, 0.5) is 10.6 Å². The predicted molar refractivity (Wildman–Crippen MR) is 149 cm³/mol. The molecule has 0 bridgehead atoms. The third-order valence-corrected chi connectivity index (χ3v) is 6.33. The van der Waals surface area contributed by atoms with Gasteiger partial charge >= 0.3 is 12.1 Å². The number of ether oxygens (including phenoxy) is 5. The van der Waals surface area contributed by atoms with E-state index in [1.54, 1.807) is 52.4 Å². The number of rotatable bonds is 8. The SMILES string of the molecule is CC(C)(C)OC(=O)NC(CCNCC1OC(n2cnc3c(N)nc(Cl)nc32)C2OC(C)(C)OC12)C(=O)OC(C)(C)C. The lowest BCUT2D eigenvalue weighted by atomic mass is 10.1. The highest BCUT2D eigenvalue weighted by atomic mass is 35.5. The third kappa shape index (κ3) is 7.74. The molecule has 5 atom stereocenters. The Morgan fingerprint density at radius 3 is 2.44 bits per heavy atom. The number of aromatic nitrogens is 4. The molecule has 0 aliphatic carbocycles. The van der Waals surface area contributed by atoms with E-state index in [0.717, 1.165) is 0 Å². The van der Waals surface area contributed by atoms with Crippen LogP contribution in [0.1, 0.15) is 68.0 Å². The first-order valence-electron chi connectivity index (χ1n) is 13.5. The number of nitrogens with zero attached hydrogens (tertiary/aromatic N) is 4. The van der Waals surface area contributed by atoms with E-state index in [2.05, 4.69) is 25.6 Å². The fourth-order valence-electron chi connectivity index (χ4n) is 4.71. The molecule has 4 rings (SSSR count). The second-order valence-corrected chi connectivity index (χ2v) is 12.9. The summed E-state index contributed by atoms with van der Waals surface area (Å²) >= 11 is 6.06. The molecule has 0 radical (unpaired) electrons. The number of carbonyl (C=O) groups is 2. The molecule has 2 aromatic rings. The highest BCUT2D eigenvalue weighted by molar-refractivity contribution is 6.28. The summed E-state index contributed by atoms with van der Waals surface area (Å²) < 4.78 is 31.3. The number of carbonyl (C=O) groups excluding carboxylic acids is 2. The zero-order chi connectivity index (χ0) is 30.3. The number of anilines is 1. The average molecular weight is 598 g/mol. The number of imidazole rings is 1. The van der Waals surface area contributed by atoms with Crippen LogP contribution in [0.15, 0.2) is 6.33 Å². The van der Waals surface area contributed by atoms with Crippen LogP contribution in [0.3, 0.4) is 0 Å². The Bertz CT molecular complexity index is 1270. The van der Waals surface area contributed by atoms with E-state index in [9.17, 15) is 9.59 Å². The van der Waals surface area contributed by atoms with Crippen LogP contribution in [0, 0.1) is 0 Å². The number of fused-ring (bicyclic) bond motifs is 2. The average Bonchev–Trinajstić information content (AvgIpc) is 3.44. The molecule has 2 aliphatic heterocycles. The van der Waals surface area contributed by atoms with Crippen molar-refractivity contribution in [1.82, 2.24) is 30.2 Å². The van der Waals surface area contributed by atoms with Crippen LogP contribution < -0.4 is 16.4 Å². The minimum Gasteiger partial charge on any atom is -0.458 e. The van der Waals surface area contributed by atoms with E-state index in [-0.39, 0.29) is 17.5 Å². The first-order valence-corrected chi connectivity index (χ1v) is 13.9. The van der Waals surface area contributed by atoms with Crippen molar-refractivity contribution in [3.05, 3.63) is 11.6 Å². The molecule has 1 amide bonds. The summed E-state index contributed by atoms with van der Waals surface area (Å²) in [4.78, 5) is 37.8. The van der Waals surface area contributed by atoms with E-state index in [0.29, 0.717) is 24.3 Å². The lowest BCUT2D eigenvalue weighted by molar-refractivity contribution is -0.195. The molecule has 2 saturated heterocycles. The molecule has 14 nitrogen and oxygen atoms in total. The van der Waals surface area contributed by atoms with Crippen molar-refractivity contribution in [2.75, 3.05) is 18.8 Å². The van der Waals surface area contributed by atoms with Crippen LogP contribution in [0.2, 0.25) is 5.28 Å². The summed E-state index contributed by atoms with van der Waals surface area (Å²) in [5.74, 6) is -1.23. The van der Waals surface area contributed by atoms with E-state index < -0.39 is 59.6 Å². The maximum absolute atomic E-state index is 12.8. The minimum atomic E-state index is -0.918. The van der Waals surface area contributed by atoms with Crippen molar-refractivity contribution in [2.45, 2.75) is 109 Å². The second kappa shape index (κ2) is 11.5. The molecular formula is C26H40ClN7O7. The standard InChI is InChI=1S/C26H40ClN7O7/c1-24(2,3)40-21(35)13(31-23(36)41-25(4,5)6)9-10-29-11-14-16-17(39-26(7,8)38-16)20(37-14)34-12-30-15-18(28)32-22(27)33-19(15)34/h12-14,16-17,20,29H,9-11H2,1-8H3,(H,31,36)(H2,28,32,33). The Balaban J connectivity index is 1.43. The van der Waals surface area contributed by atoms with Crippen LogP contribution in [0.25, 0.3) is 11.2 Å². The minimum absolute atomic E-state index is 0.00651. The molecular weight excluding hydrogens is 558 g/mol. The van der Waals surface area contributed by atoms with Gasteiger partial charge in [0.2, 0.25) is 5.28 Å². The molecule has 2 fully saturated rings. The van der Waals surface area contributed by atoms with E-state index in [1.165, 1.54) is 0 Å². The van der Waals surface area contributed by atoms with Crippen molar-refractivity contribution in [3.8, 4) is 0 Å². The first kappa shape index (κ1) is 31.2. The Morgan fingerprint density at radius 1 is 1.12 bits per heavy atom. The van der Waals surface area contributed by atoms with Gasteiger partial charge in [-0.3, -0.25) is 4.57 Å². The van der Waals surface area contributed by atoms with Crippen molar-refractivity contribution in [1.29, 1.82) is 0 Å². The number of esters is 1. The molecule has 4 N–H and O–H groups in total. The van der Waals surface area contributed by atoms with Gasteiger partial charge in [-0.1, -0.05) is 0 Å². The summed E-state index contributed by atoms with van der Waals surface area (Å²) in [5, 5.41) is 5.93. The maximum Gasteiger partial charge on any atom is 0.408 e. The number of nitrogens with one attached hydrogen (secondary N) is 2. The molecule has 0 spiro atoms. The van der Waals surface area contributed by atoms with Crippen LogP contribution in [-0.4, -0.2) is 86.0 Å². The number of amides is 1. The number of nitrogens with two attached hydrogens (primary N) is 1. The number of nitrogen functional groups attached to an aromatic ring is 1. The van der Waals surface area contributed by atoms with Gasteiger partial charge in [0.25, 0.3) is 0 Å². The topological polar surface area (TPSA) is 174 Å². The Hall–Kier alpha value is -2.78. The normalized spacial score (nSPS) is 24.7. The van der Waals surface area contributed by atoms with Gasteiger partial charge in [0.1, 0.15) is 41.1 Å². The van der Waals surface area contributed by atoms with E-state index in [4.69, 9.17) is 41.0 Å². The van der Waals surface area contributed by atoms with Crippen molar-refractivity contribution >= 4 is 40.6 Å². The summed E-state index contributed by atoms with van der Waals surface area (Å²) in [6.45, 7) is 14.9. The summed E-state index contributed by atoms with van der Waals surface area (Å²) in [6, 6.07) is -0.918. The molecule has 15 heteroatoms. The molecule has 2 aliphatic rings. The largest absolute Gasteiger partial charge is 0.458 e. The van der Waals surface area contributed by atoms with Crippen molar-refractivity contribution in [3.63, 3.8) is 0 Å². The van der Waals surface area contributed by atoms with Gasteiger partial charge in [-0.15, -0.1) is 0 Å². The summed E-state index contributed by atoms with van der Waals surface area (Å²) in [6.07, 6.45) is -0.795. The van der Waals surface area contributed by atoms with Crippen LogP contribution in [0.5, 0.6) is 0 Å². The monoisotopic (exact) mass is 597 g/mol. The molecule has 41 heavy (non-hydrogen) atoms. The first-order chi connectivity index (χ1) is 18.9. The Morgan fingerprint density at radius 2 is 1.78 bits per heavy atom. The van der Waals surface area contributed by atoms with Crippen LogP contribution >= 0.6 is 11.6 Å². The van der Waals surface area contributed by atoms with Gasteiger partial charge in [-0.05, 0) is 80.0 Å². The lowest BCUT2D eigenvalue weighted by Gasteiger charge is -2.27. The quantitative estimate of drug-likeness (QED) is 0.231.